The number of alkyl halides is 3. The highest BCUT2D eigenvalue weighted by atomic mass is 35.5. The summed E-state index contributed by atoms with van der Waals surface area (Å²) in [6, 6.07) is 13.7. The van der Waals surface area contributed by atoms with Gasteiger partial charge in [0.25, 0.3) is 0 Å². The lowest BCUT2D eigenvalue weighted by Crippen LogP contribution is -2.57. The minimum absolute atomic E-state index is 0.0246. The molecule has 0 aliphatic carbocycles. The molecule has 2 aliphatic heterocycles. The highest BCUT2D eigenvalue weighted by molar-refractivity contribution is 6.32. The molecule has 0 radical (unpaired) electrons. The lowest BCUT2D eigenvalue weighted by molar-refractivity contribution is -0.319. The van der Waals surface area contributed by atoms with E-state index in [9.17, 15) is 22.7 Å². The van der Waals surface area contributed by atoms with E-state index in [0.717, 1.165) is 28.9 Å². The van der Waals surface area contributed by atoms with Gasteiger partial charge in [-0.25, -0.2) is 18.7 Å². The van der Waals surface area contributed by atoms with Gasteiger partial charge >= 0.3 is 6.18 Å². The van der Waals surface area contributed by atoms with Crippen LogP contribution in [0.25, 0.3) is 16.9 Å². The minimum Gasteiger partial charge on any atom is -0.495 e. The fourth-order valence-electron chi connectivity index (χ4n) is 6.04. The van der Waals surface area contributed by atoms with Gasteiger partial charge in [0.05, 0.1) is 31.2 Å². The first-order chi connectivity index (χ1) is 23.4. The molecule has 2 aromatic heterocycles. The largest absolute Gasteiger partial charge is 0.495 e. The van der Waals surface area contributed by atoms with Crippen molar-refractivity contribution in [1.29, 1.82) is 0 Å². The van der Waals surface area contributed by atoms with Gasteiger partial charge in [0, 0.05) is 16.1 Å². The number of rotatable bonds is 6. The number of hydrogen-bond donors (Lipinski definition) is 1. The van der Waals surface area contributed by atoms with Crippen molar-refractivity contribution in [3.05, 3.63) is 105 Å². The van der Waals surface area contributed by atoms with E-state index in [1.807, 2.05) is 30.3 Å². The molecule has 0 bridgehead atoms. The van der Waals surface area contributed by atoms with E-state index >= 15 is 0 Å². The molecule has 49 heavy (non-hydrogen) atoms. The molecule has 2 fully saturated rings. The Morgan fingerprint density at radius 3 is 2.55 bits per heavy atom. The summed E-state index contributed by atoms with van der Waals surface area (Å²) in [6.45, 7) is 1.47. The Kier molecular flexibility index (Phi) is 8.83. The van der Waals surface area contributed by atoms with Crippen molar-refractivity contribution in [3.63, 3.8) is 0 Å². The maximum atomic E-state index is 14.7. The molecule has 7 rings (SSSR count). The van der Waals surface area contributed by atoms with Crippen molar-refractivity contribution in [2.45, 2.75) is 49.8 Å². The van der Waals surface area contributed by atoms with Crippen LogP contribution < -0.4 is 4.74 Å². The van der Waals surface area contributed by atoms with E-state index in [1.165, 1.54) is 31.0 Å². The van der Waals surface area contributed by atoms with Crippen molar-refractivity contribution < 1.29 is 41.6 Å². The van der Waals surface area contributed by atoms with Crippen LogP contribution in [-0.2, 0) is 20.4 Å². The third kappa shape index (κ3) is 6.26. The topological polar surface area (TPSA) is 119 Å². The van der Waals surface area contributed by atoms with Crippen LogP contribution >= 0.6 is 23.2 Å². The summed E-state index contributed by atoms with van der Waals surface area (Å²) in [5, 5.41) is 24.6. The fourth-order valence-corrected chi connectivity index (χ4v) is 6.39. The number of hydrogen-bond acceptors (Lipinski definition) is 9. The molecule has 6 atom stereocenters. The van der Waals surface area contributed by atoms with Crippen LogP contribution in [0.1, 0.15) is 41.2 Å². The number of nitrogens with zero attached hydrogens (tertiary/aromatic N) is 6. The SMILES string of the molecule is COc1cc(-c2cn([C@@H]3[C@@H](O)[C@H](c4nc(C)nn4-c4cc(Cl)ccc4C(F)(F)F)O[C@@H]4COC(c5ccccc5)O[C@H]34)nn2)cc(F)c1Cl. The van der Waals surface area contributed by atoms with Crippen molar-refractivity contribution in [2.24, 2.45) is 0 Å². The van der Waals surface area contributed by atoms with E-state index in [0.29, 0.717) is 5.56 Å². The minimum atomic E-state index is -4.77. The van der Waals surface area contributed by atoms with Gasteiger partial charge in [-0.2, -0.15) is 18.3 Å². The molecule has 0 spiro atoms. The molecule has 11 nitrogen and oxygen atoms in total. The van der Waals surface area contributed by atoms with Crippen molar-refractivity contribution in [1.82, 2.24) is 29.8 Å². The van der Waals surface area contributed by atoms with Crippen LogP contribution in [0, 0.1) is 12.7 Å². The lowest BCUT2D eigenvalue weighted by atomic mass is 9.91. The first kappa shape index (κ1) is 33.4. The number of fused-ring (bicyclic) bond motifs is 1. The van der Waals surface area contributed by atoms with Crippen LogP contribution in [-0.4, -0.2) is 66.9 Å². The van der Waals surface area contributed by atoms with Gasteiger partial charge in [0.2, 0.25) is 0 Å². The Hall–Kier alpha value is -4.12. The summed E-state index contributed by atoms with van der Waals surface area (Å²) in [4.78, 5) is 4.39. The zero-order chi connectivity index (χ0) is 34.6. The molecule has 0 saturated carbocycles. The predicted molar refractivity (Wildman–Crippen MR) is 166 cm³/mol. The number of aliphatic hydroxyl groups excluding tert-OH is 1. The Bertz CT molecular complexity index is 1990. The molecule has 2 aliphatic rings. The number of methoxy groups -OCH3 is 1. The number of aryl methyl sites for hydroxylation is 1. The fraction of sp³-hybridized carbons (Fsp3) is 0.312. The van der Waals surface area contributed by atoms with Crippen molar-refractivity contribution >= 4 is 23.2 Å². The molecule has 3 aromatic carbocycles. The van der Waals surface area contributed by atoms with Crippen LogP contribution in [0.2, 0.25) is 10.0 Å². The highest BCUT2D eigenvalue weighted by Crippen LogP contribution is 2.45. The van der Waals surface area contributed by atoms with E-state index in [2.05, 4.69) is 20.4 Å². The molecule has 0 amide bonds. The summed E-state index contributed by atoms with van der Waals surface area (Å²) in [5.41, 5.74) is -0.238. The van der Waals surface area contributed by atoms with Crippen LogP contribution in [0.5, 0.6) is 5.75 Å². The lowest BCUT2D eigenvalue weighted by Gasteiger charge is -2.47. The third-order valence-electron chi connectivity index (χ3n) is 8.26. The molecule has 2 saturated heterocycles. The van der Waals surface area contributed by atoms with Gasteiger partial charge in [0.15, 0.2) is 12.1 Å². The molecular formula is C32H26Cl2F4N6O5. The maximum Gasteiger partial charge on any atom is 0.418 e. The summed E-state index contributed by atoms with van der Waals surface area (Å²) < 4.78 is 83.4. The molecule has 1 N–H and O–H groups in total. The quantitative estimate of drug-likeness (QED) is 0.197. The van der Waals surface area contributed by atoms with E-state index in [-0.39, 0.29) is 45.3 Å². The Balaban J connectivity index is 1.32. The zero-order valence-corrected chi connectivity index (χ0v) is 27.1. The van der Waals surface area contributed by atoms with Crippen LogP contribution in [0.4, 0.5) is 17.6 Å². The number of aliphatic hydroxyl groups is 1. The Morgan fingerprint density at radius 2 is 1.82 bits per heavy atom. The molecule has 4 heterocycles. The first-order valence-corrected chi connectivity index (χ1v) is 15.6. The average Bonchev–Trinajstić information content (AvgIpc) is 3.72. The monoisotopic (exact) mass is 720 g/mol. The smallest absolute Gasteiger partial charge is 0.418 e. The van der Waals surface area contributed by atoms with Crippen molar-refractivity contribution in [2.75, 3.05) is 13.7 Å². The second-order valence-electron chi connectivity index (χ2n) is 11.4. The van der Waals surface area contributed by atoms with Crippen LogP contribution in [0.3, 0.4) is 0 Å². The summed E-state index contributed by atoms with van der Waals surface area (Å²) in [7, 11) is 1.34. The Morgan fingerprint density at radius 1 is 1.04 bits per heavy atom. The molecular weight excluding hydrogens is 695 g/mol. The van der Waals surface area contributed by atoms with Gasteiger partial charge < -0.3 is 24.1 Å². The maximum absolute atomic E-state index is 14.7. The molecule has 256 valence electrons. The molecule has 1 unspecified atom stereocenters. The number of benzene rings is 3. The van der Waals surface area contributed by atoms with Gasteiger partial charge in [0.1, 0.15) is 58.6 Å². The van der Waals surface area contributed by atoms with Gasteiger partial charge in [-0.3, -0.25) is 0 Å². The van der Waals surface area contributed by atoms with Crippen LogP contribution in [0.15, 0.2) is 66.9 Å². The molecule has 17 heteroatoms. The predicted octanol–water partition coefficient (Wildman–Crippen LogP) is 6.46. The van der Waals surface area contributed by atoms with Gasteiger partial charge in [-0.15, -0.1) is 5.10 Å². The van der Waals surface area contributed by atoms with E-state index in [1.54, 1.807) is 0 Å². The Labute approximate surface area is 285 Å². The summed E-state index contributed by atoms with van der Waals surface area (Å²) in [5.74, 6) is -0.690. The third-order valence-corrected chi connectivity index (χ3v) is 8.86. The van der Waals surface area contributed by atoms with E-state index < -0.39 is 60.0 Å². The molecule has 5 aromatic rings. The normalized spacial score (nSPS) is 24.1. The second-order valence-corrected chi connectivity index (χ2v) is 12.2. The average molecular weight is 721 g/mol. The zero-order valence-electron chi connectivity index (χ0n) is 25.6. The first-order valence-electron chi connectivity index (χ1n) is 14.8. The second kappa shape index (κ2) is 13.0. The van der Waals surface area contributed by atoms with Gasteiger partial charge in [-0.05, 0) is 37.3 Å². The standard InChI is InChI=1S/C32H26Cl2F4N6O5/c1-15-39-30(44(41-15)22-12-18(33)8-9-19(22)32(36,37)38)29-27(45)26(28-24(48-29)14-47-31(49-28)16-6-4-3-5-7-16)43-13-21(40-42-43)17-10-20(35)25(34)23(11-17)46-2/h3-13,24,26-29,31,45H,14H2,1-2H3/t24-,26-,27-,28+,29-,31?/m1/s1. The van der Waals surface area contributed by atoms with E-state index in [4.69, 9.17) is 42.1 Å². The number of halogens is 6. The number of ether oxygens (including phenoxy) is 4. The summed E-state index contributed by atoms with van der Waals surface area (Å²) >= 11 is 12.2. The van der Waals surface area contributed by atoms with Crippen molar-refractivity contribution in [3.8, 4) is 22.7 Å². The summed E-state index contributed by atoms with van der Waals surface area (Å²) in [6.07, 6.45) is -8.83. The number of aromatic nitrogens is 6. The van der Waals surface area contributed by atoms with Gasteiger partial charge in [-0.1, -0.05) is 58.7 Å². The highest BCUT2D eigenvalue weighted by Gasteiger charge is 2.53.